The number of ether oxygens (including phenoxy) is 2. The molecule has 0 aliphatic heterocycles. The molecule has 44 heavy (non-hydrogen) atoms. The van der Waals surface area contributed by atoms with Crippen LogP contribution in [-0.4, -0.2) is 42.5 Å². The number of aromatic nitrogens is 1. The second-order valence-corrected chi connectivity index (χ2v) is 14.2. The van der Waals surface area contributed by atoms with Gasteiger partial charge in [-0.25, -0.2) is 9.59 Å². The number of rotatable bonds is 4. The van der Waals surface area contributed by atoms with Gasteiger partial charge in [0.05, 0.1) is 17.1 Å². The number of pyridine rings is 1. The first-order valence-electron chi connectivity index (χ1n) is 14.9. The molecule has 1 aromatic heterocycles. The first kappa shape index (κ1) is 32.5. The Balaban J connectivity index is 1.82. The van der Waals surface area contributed by atoms with E-state index in [-0.39, 0.29) is 5.41 Å². The predicted molar refractivity (Wildman–Crippen MR) is 181 cm³/mol. The van der Waals surface area contributed by atoms with Gasteiger partial charge in [-0.3, -0.25) is 14.8 Å². The number of hydrogen-bond acceptors (Lipinski definition) is 5. The molecule has 0 atom stereocenters. The molecule has 0 spiro atoms. The van der Waals surface area contributed by atoms with Gasteiger partial charge in [-0.1, -0.05) is 51.1 Å². The van der Waals surface area contributed by atoms with E-state index in [0.29, 0.717) is 11.4 Å². The van der Waals surface area contributed by atoms with Crippen molar-refractivity contribution in [2.75, 3.05) is 23.9 Å². The van der Waals surface area contributed by atoms with Gasteiger partial charge < -0.3 is 9.47 Å². The highest BCUT2D eigenvalue weighted by atomic mass is 16.6. The summed E-state index contributed by atoms with van der Waals surface area (Å²) in [5.41, 5.74) is 4.51. The molecule has 0 aliphatic carbocycles. The van der Waals surface area contributed by atoms with Crippen molar-refractivity contribution in [1.29, 1.82) is 0 Å². The third kappa shape index (κ3) is 7.57. The number of carbonyl (C=O) groups is 2. The van der Waals surface area contributed by atoms with Crippen LogP contribution in [0.4, 0.5) is 21.0 Å². The maximum atomic E-state index is 13.2. The number of amides is 2. The fourth-order valence-corrected chi connectivity index (χ4v) is 4.96. The highest BCUT2D eigenvalue weighted by molar-refractivity contribution is 5.99. The lowest BCUT2D eigenvalue weighted by atomic mass is 9.82. The highest BCUT2D eigenvalue weighted by Crippen LogP contribution is 2.38. The Bertz CT molecular complexity index is 1690. The van der Waals surface area contributed by atoms with Crippen molar-refractivity contribution in [3.8, 4) is 22.4 Å². The molecular formula is C37H45N3O4. The van der Waals surface area contributed by atoms with Gasteiger partial charge in [-0.2, -0.15) is 0 Å². The first-order chi connectivity index (χ1) is 20.3. The molecule has 3 aromatic carbocycles. The van der Waals surface area contributed by atoms with Crippen LogP contribution in [0.15, 0.2) is 72.9 Å². The van der Waals surface area contributed by atoms with Gasteiger partial charge in [-0.15, -0.1) is 0 Å². The van der Waals surface area contributed by atoms with Crippen LogP contribution in [0.5, 0.6) is 0 Å². The molecule has 0 aliphatic rings. The van der Waals surface area contributed by atoms with Gasteiger partial charge in [0.25, 0.3) is 0 Å². The monoisotopic (exact) mass is 595 g/mol. The van der Waals surface area contributed by atoms with Crippen molar-refractivity contribution in [2.24, 2.45) is 0 Å². The van der Waals surface area contributed by atoms with E-state index in [1.165, 1.54) is 20.7 Å². The molecule has 0 unspecified atom stereocenters. The number of anilines is 2. The maximum Gasteiger partial charge on any atom is 0.414 e. The van der Waals surface area contributed by atoms with Gasteiger partial charge in [0.15, 0.2) is 0 Å². The summed E-state index contributed by atoms with van der Waals surface area (Å²) in [4.78, 5) is 33.8. The summed E-state index contributed by atoms with van der Waals surface area (Å²) in [6.07, 6.45) is 0.741. The molecule has 0 saturated carbocycles. The van der Waals surface area contributed by atoms with Crippen LogP contribution in [0.2, 0.25) is 0 Å². The van der Waals surface area contributed by atoms with Crippen LogP contribution in [0, 0.1) is 0 Å². The summed E-state index contributed by atoms with van der Waals surface area (Å²) in [6, 6.07) is 22.5. The van der Waals surface area contributed by atoms with E-state index >= 15 is 0 Å². The van der Waals surface area contributed by atoms with Gasteiger partial charge in [-0.05, 0) is 111 Å². The second kappa shape index (κ2) is 11.9. The van der Waals surface area contributed by atoms with Crippen molar-refractivity contribution in [3.63, 3.8) is 0 Å². The predicted octanol–water partition coefficient (Wildman–Crippen LogP) is 9.61. The van der Waals surface area contributed by atoms with Crippen molar-refractivity contribution in [1.82, 2.24) is 4.98 Å². The average molecular weight is 596 g/mol. The minimum Gasteiger partial charge on any atom is -0.443 e. The van der Waals surface area contributed by atoms with Crippen molar-refractivity contribution in [2.45, 2.75) is 78.9 Å². The average Bonchev–Trinajstić information content (AvgIpc) is 2.93. The van der Waals surface area contributed by atoms with E-state index in [1.807, 2.05) is 65.8 Å². The zero-order valence-electron chi connectivity index (χ0n) is 27.9. The third-order valence-electron chi connectivity index (χ3n) is 7.09. The SMILES string of the molecule is CN(C(=O)OC(C)(C)C)c1ccc(-c2ccnc(-c3cc(C(C)(C)C)c4ccccc4c3)c2)cc1N(C)C(=O)OC(C)(C)C. The summed E-state index contributed by atoms with van der Waals surface area (Å²) >= 11 is 0. The first-order valence-corrected chi connectivity index (χ1v) is 14.9. The molecule has 0 saturated heterocycles. The molecule has 7 heteroatoms. The molecule has 4 rings (SSSR count). The van der Waals surface area contributed by atoms with Crippen LogP contribution >= 0.6 is 0 Å². The van der Waals surface area contributed by atoms with E-state index in [2.05, 4.69) is 63.2 Å². The Morgan fingerprint density at radius 2 is 1.20 bits per heavy atom. The molecule has 1 heterocycles. The van der Waals surface area contributed by atoms with E-state index in [1.54, 1.807) is 20.3 Å². The van der Waals surface area contributed by atoms with Crippen LogP contribution in [0.3, 0.4) is 0 Å². The third-order valence-corrected chi connectivity index (χ3v) is 7.09. The van der Waals surface area contributed by atoms with Gasteiger partial charge in [0.2, 0.25) is 0 Å². The number of carbonyl (C=O) groups excluding carboxylic acids is 2. The van der Waals surface area contributed by atoms with E-state index < -0.39 is 23.4 Å². The number of fused-ring (bicyclic) bond motifs is 1. The summed E-state index contributed by atoms with van der Waals surface area (Å²) in [6.45, 7) is 17.6. The summed E-state index contributed by atoms with van der Waals surface area (Å²) in [5, 5.41) is 2.40. The minimum atomic E-state index is -0.689. The van der Waals surface area contributed by atoms with Crippen LogP contribution < -0.4 is 9.80 Å². The quantitative estimate of drug-likeness (QED) is 0.235. The minimum absolute atomic E-state index is 0.0512. The van der Waals surface area contributed by atoms with Crippen LogP contribution in [0.25, 0.3) is 33.2 Å². The Kier molecular flexibility index (Phi) is 8.83. The Labute approximate surface area is 261 Å². The van der Waals surface area contributed by atoms with Gasteiger partial charge >= 0.3 is 12.2 Å². The molecule has 0 bridgehead atoms. The molecule has 0 radical (unpaired) electrons. The fraction of sp³-hybridized carbons (Fsp3) is 0.378. The number of hydrogen-bond donors (Lipinski definition) is 0. The zero-order chi connectivity index (χ0) is 32.6. The molecule has 0 fully saturated rings. The maximum absolute atomic E-state index is 13.2. The summed E-state index contributed by atoms with van der Waals surface area (Å²) in [5.74, 6) is 0. The van der Waals surface area contributed by atoms with Crippen molar-refractivity contribution < 1.29 is 19.1 Å². The standard InChI is InChI=1S/C37H45N3O4/c1-35(2,3)29-21-27(20-26-14-12-13-15-28(26)29)30-22-25(18-19-38-30)24-16-17-31(39(10)33(41)43-36(4,5)6)32(23-24)40(11)34(42)44-37(7,8)9/h12-23H,1-11H3. The van der Waals surface area contributed by atoms with Crippen LogP contribution in [0.1, 0.15) is 67.9 Å². The molecule has 232 valence electrons. The van der Waals surface area contributed by atoms with Gasteiger partial charge in [0.1, 0.15) is 11.2 Å². The highest BCUT2D eigenvalue weighted by Gasteiger charge is 2.27. The zero-order valence-corrected chi connectivity index (χ0v) is 27.9. The van der Waals surface area contributed by atoms with E-state index in [4.69, 9.17) is 14.5 Å². The molecular weight excluding hydrogens is 550 g/mol. The lowest BCUT2D eigenvalue weighted by molar-refractivity contribution is 0.0572. The number of nitrogens with zero attached hydrogens (tertiary/aromatic N) is 3. The van der Waals surface area contributed by atoms with Crippen LogP contribution in [-0.2, 0) is 14.9 Å². The Morgan fingerprint density at radius 1 is 0.636 bits per heavy atom. The van der Waals surface area contributed by atoms with E-state index in [0.717, 1.165) is 27.8 Å². The largest absolute Gasteiger partial charge is 0.443 e. The second-order valence-electron chi connectivity index (χ2n) is 14.2. The summed E-state index contributed by atoms with van der Waals surface area (Å²) < 4.78 is 11.3. The molecule has 4 aromatic rings. The fourth-order valence-electron chi connectivity index (χ4n) is 4.96. The Hall–Kier alpha value is -4.39. The lowest BCUT2D eigenvalue weighted by Crippen LogP contribution is -2.37. The van der Waals surface area contributed by atoms with Crippen molar-refractivity contribution >= 4 is 34.3 Å². The van der Waals surface area contributed by atoms with E-state index in [9.17, 15) is 9.59 Å². The topological polar surface area (TPSA) is 72.0 Å². The lowest BCUT2D eigenvalue weighted by Gasteiger charge is -2.30. The number of benzene rings is 3. The normalized spacial score (nSPS) is 12.2. The molecule has 7 nitrogen and oxygen atoms in total. The van der Waals surface area contributed by atoms with Crippen molar-refractivity contribution in [3.05, 3.63) is 78.5 Å². The molecule has 0 N–H and O–H groups in total. The smallest absolute Gasteiger partial charge is 0.414 e. The Morgan fingerprint density at radius 3 is 1.80 bits per heavy atom. The van der Waals surface area contributed by atoms with Gasteiger partial charge in [0, 0.05) is 25.9 Å². The summed E-state index contributed by atoms with van der Waals surface area (Å²) in [7, 11) is 3.27. The molecule has 2 amide bonds.